The third-order valence-corrected chi connectivity index (χ3v) is 3.15. The lowest BCUT2D eigenvalue weighted by Crippen LogP contribution is -2.05. The molecule has 22 heavy (non-hydrogen) atoms. The molecule has 0 aliphatic heterocycles. The van der Waals surface area contributed by atoms with Crippen molar-refractivity contribution < 1.29 is 19.2 Å². The maximum atomic E-state index is 14.1. The summed E-state index contributed by atoms with van der Waals surface area (Å²) < 4.78 is 14.1. The summed E-state index contributed by atoms with van der Waals surface area (Å²) in [6, 6.07) is 8.75. The second-order valence-electron chi connectivity index (χ2n) is 4.65. The summed E-state index contributed by atoms with van der Waals surface area (Å²) in [4.78, 5) is 21.1. The first-order valence-corrected chi connectivity index (χ1v) is 6.35. The summed E-state index contributed by atoms with van der Waals surface area (Å²) in [5.41, 5.74) is 0.735. The van der Waals surface area contributed by atoms with Crippen molar-refractivity contribution in [2.24, 2.45) is 0 Å². The van der Waals surface area contributed by atoms with Crippen LogP contribution < -0.4 is 0 Å². The molecule has 2 aromatic carbocycles. The number of aromatic carboxylic acids is 1. The Morgan fingerprint density at radius 1 is 1.18 bits per heavy atom. The van der Waals surface area contributed by atoms with Crippen LogP contribution in [0, 0.1) is 22.9 Å². The number of halogens is 1. The highest BCUT2D eigenvalue weighted by atomic mass is 19.1. The van der Waals surface area contributed by atoms with E-state index in [0.717, 1.165) is 0 Å². The molecular formula is C16H12FNO4. The zero-order chi connectivity index (χ0) is 16.3. The van der Waals surface area contributed by atoms with Gasteiger partial charge in [-0.3, -0.25) is 10.1 Å². The molecule has 0 bridgehead atoms. The monoisotopic (exact) mass is 301 g/mol. The lowest BCUT2D eigenvalue weighted by Gasteiger charge is -2.05. The van der Waals surface area contributed by atoms with Crippen molar-refractivity contribution in [2.75, 3.05) is 0 Å². The predicted molar refractivity (Wildman–Crippen MR) is 80.1 cm³/mol. The van der Waals surface area contributed by atoms with Gasteiger partial charge in [0.1, 0.15) is 5.82 Å². The van der Waals surface area contributed by atoms with Gasteiger partial charge in [-0.1, -0.05) is 24.3 Å². The minimum Gasteiger partial charge on any atom is -0.478 e. The van der Waals surface area contributed by atoms with E-state index in [1.807, 2.05) is 0 Å². The largest absolute Gasteiger partial charge is 0.478 e. The average molecular weight is 301 g/mol. The Kier molecular flexibility index (Phi) is 4.31. The quantitative estimate of drug-likeness (QED) is 0.527. The van der Waals surface area contributed by atoms with E-state index in [1.54, 1.807) is 6.08 Å². The molecule has 6 heteroatoms. The number of rotatable bonds is 4. The molecule has 5 nitrogen and oxygen atoms in total. The molecule has 0 radical (unpaired) electrons. The highest BCUT2D eigenvalue weighted by Crippen LogP contribution is 2.20. The standard InChI is InChI=1S/C16H12FNO4/c1-10-2-6-12(15(17)14(10)16(19)20)7-3-11-4-8-13(9-5-11)18(21)22/h2-9H,1H3,(H,19,20). The molecule has 0 saturated carbocycles. The van der Waals surface area contributed by atoms with Gasteiger partial charge in [0.15, 0.2) is 0 Å². The Morgan fingerprint density at radius 2 is 1.82 bits per heavy atom. The summed E-state index contributed by atoms with van der Waals surface area (Å²) in [7, 11) is 0. The SMILES string of the molecule is Cc1ccc(C=Cc2ccc([N+](=O)[O-])cc2)c(F)c1C(=O)O. The van der Waals surface area contributed by atoms with Gasteiger partial charge in [-0.05, 0) is 30.2 Å². The molecule has 0 aromatic heterocycles. The Bertz CT molecular complexity index is 766. The average Bonchev–Trinajstić information content (AvgIpc) is 2.46. The molecule has 0 heterocycles. The Morgan fingerprint density at radius 3 is 2.36 bits per heavy atom. The fourth-order valence-electron chi connectivity index (χ4n) is 1.97. The molecule has 0 spiro atoms. The number of aryl methyl sites for hydroxylation is 1. The molecule has 0 aliphatic carbocycles. The van der Waals surface area contributed by atoms with Crippen LogP contribution in [-0.4, -0.2) is 16.0 Å². The van der Waals surface area contributed by atoms with Crippen LogP contribution in [0.25, 0.3) is 12.2 Å². The van der Waals surface area contributed by atoms with E-state index in [2.05, 4.69) is 0 Å². The summed E-state index contributed by atoms with van der Waals surface area (Å²) in [6.07, 6.45) is 2.99. The van der Waals surface area contributed by atoms with E-state index in [1.165, 1.54) is 49.4 Å². The van der Waals surface area contributed by atoms with E-state index >= 15 is 0 Å². The van der Waals surface area contributed by atoms with Gasteiger partial charge < -0.3 is 5.11 Å². The van der Waals surface area contributed by atoms with E-state index in [0.29, 0.717) is 11.1 Å². The highest BCUT2D eigenvalue weighted by molar-refractivity contribution is 5.91. The number of carboxylic acid groups (broad SMARTS) is 1. The van der Waals surface area contributed by atoms with Crippen molar-refractivity contribution in [1.29, 1.82) is 0 Å². The fourth-order valence-corrected chi connectivity index (χ4v) is 1.97. The molecule has 2 aromatic rings. The zero-order valence-electron chi connectivity index (χ0n) is 11.6. The molecule has 0 saturated heterocycles. The summed E-state index contributed by atoms with van der Waals surface area (Å²) in [5.74, 6) is -2.12. The molecular weight excluding hydrogens is 289 g/mol. The van der Waals surface area contributed by atoms with Crippen molar-refractivity contribution >= 4 is 23.8 Å². The van der Waals surface area contributed by atoms with Gasteiger partial charge in [0.05, 0.1) is 10.5 Å². The van der Waals surface area contributed by atoms with Crippen molar-refractivity contribution in [3.8, 4) is 0 Å². The van der Waals surface area contributed by atoms with Gasteiger partial charge in [0.2, 0.25) is 0 Å². The number of nitro groups is 1. The molecule has 0 aliphatic rings. The van der Waals surface area contributed by atoms with E-state index in [9.17, 15) is 19.3 Å². The summed E-state index contributed by atoms with van der Waals surface area (Å²) >= 11 is 0. The first-order chi connectivity index (χ1) is 10.4. The number of carboxylic acids is 1. The third-order valence-electron chi connectivity index (χ3n) is 3.15. The van der Waals surface area contributed by atoms with Crippen LogP contribution in [-0.2, 0) is 0 Å². The molecule has 0 atom stereocenters. The smallest absolute Gasteiger partial charge is 0.338 e. The second-order valence-corrected chi connectivity index (χ2v) is 4.65. The normalized spacial score (nSPS) is 10.8. The maximum absolute atomic E-state index is 14.1. The Labute approximate surface area is 125 Å². The van der Waals surface area contributed by atoms with Crippen molar-refractivity contribution in [1.82, 2.24) is 0 Å². The fraction of sp³-hybridized carbons (Fsp3) is 0.0625. The van der Waals surface area contributed by atoms with Crippen LogP contribution in [0.5, 0.6) is 0 Å². The molecule has 2 rings (SSSR count). The van der Waals surface area contributed by atoms with Crippen LogP contribution in [0.3, 0.4) is 0 Å². The van der Waals surface area contributed by atoms with Crippen LogP contribution in [0.2, 0.25) is 0 Å². The van der Waals surface area contributed by atoms with Crippen molar-refractivity contribution in [3.05, 3.63) is 74.6 Å². The van der Waals surface area contributed by atoms with E-state index < -0.39 is 16.7 Å². The predicted octanol–water partition coefficient (Wildman–Crippen LogP) is 3.91. The number of hydrogen-bond acceptors (Lipinski definition) is 3. The van der Waals surface area contributed by atoms with Crippen molar-refractivity contribution in [3.63, 3.8) is 0 Å². The first kappa shape index (κ1) is 15.4. The Hall–Kier alpha value is -3.02. The summed E-state index contributed by atoms with van der Waals surface area (Å²) in [6.45, 7) is 1.52. The molecule has 0 unspecified atom stereocenters. The van der Waals surface area contributed by atoms with Gasteiger partial charge in [-0.15, -0.1) is 0 Å². The van der Waals surface area contributed by atoms with Gasteiger partial charge in [0, 0.05) is 17.7 Å². The molecule has 1 N–H and O–H groups in total. The minimum atomic E-state index is -1.32. The van der Waals surface area contributed by atoms with Crippen LogP contribution in [0.15, 0.2) is 36.4 Å². The third kappa shape index (κ3) is 3.17. The first-order valence-electron chi connectivity index (χ1n) is 6.35. The van der Waals surface area contributed by atoms with Crippen LogP contribution >= 0.6 is 0 Å². The number of hydrogen-bond donors (Lipinski definition) is 1. The number of nitrogens with zero attached hydrogens (tertiary/aromatic N) is 1. The highest BCUT2D eigenvalue weighted by Gasteiger charge is 2.15. The van der Waals surface area contributed by atoms with Crippen molar-refractivity contribution in [2.45, 2.75) is 6.92 Å². The minimum absolute atomic E-state index is 0.0353. The molecule has 0 amide bonds. The lowest BCUT2D eigenvalue weighted by atomic mass is 10.0. The zero-order valence-corrected chi connectivity index (χ0v) is 11.6. The number of carbonyl (C=O) groups is 1. The van der Waals surface area contributed by atoms with Gasteiger partial charge in [-0.2, -0.15) is 0 Å². The van der Waals surface area contributed by atoms with Gasteiger partial charge in [-0.25, -0.2) is 9.18 Å². The molecule has 112 valence electrons. The van der Waals surface area contributed by atoms with Gasteiger partial charge >= 0.3 is 5.97 Å². The second kappa shape index (κ2) is 6.17. The molecule has 0 fully saturated rings. The maximum Gasteiger partial charge on any atom is 0.338 e. The van der Waals surface area contributed by atoms with Crippen LogP contribution in [0.4, 0.5) is 10.1 Å². The Balaban J connectivity index is 2.32. The topological polar surface area (TPSA) is 80.4 Å². The van der Waals surface area contributed by atoms with E-state index in [4.69, 9.17) is 5.11 Å². The number of nitro benzene ring substituents is 1. The number of benzene rings is 2. The van der Waals surface area contributed by atoms with Crippen LogP contribution in [0.1, 0.15) is 27.0 Å². The van der Waals surface area contributed by atoms with Gasteiger partial charge in [0.25, 0.3) is 5.69 Å². The number of non-ortho nitro benzene ring substituents is 1. The van der Waals surface area contributed by atoms with E-state index in [-0.39, 0.29) is 16.8 Å². The lowest BCUT2D eigenvalue weighted by molar-refractivity contribution is -0.384. The summed E-state index contributed by atoms with van der Waals surface area (Å²) in [5, 5.41) is 19.6.